The van der Waals surface area contributed by atoms with Crippen LogP contribution in [0.4, 0.5) is 0 Å². The Morgan fingerprint density at radius 2 is 1.47 bits per heavy atom. The summed E-state index contributed by atoms with van der Waals surface area (Å²) in [5.41, 5.74) is 0. The van der Waals surface area contributed by atoms with Crippen LogP contribution in [0.15, 0.2) is 0 Å². The van der Waals surface area contributed by atoms with Crippen molar-refractivity contribution in [1.82, 2.24) is 0 Å². The number of hydrogen-bond acceptors (Lipinski definition) is 0. The van der Waals surface area contributed by atoms with E-state index in [2.05, 4.69) is 35.0 Å². The molecule has 0 aromatic heterocycles. The second kappa shape index (κ2) is 9.47. The molecule has 0 saturated heterocycles. The smallest absolute Gasteiger partial charge is 0.0780 e. The highest BCUT2D eigenvalue weighted by molar-refractivity contribution is 4.51. The van der Waals surface area contributed by atoms with Crippen molar-refractivity contribution in [3.05, 3.63) is 0 Å². The molecule has 1 nitrogen and oxygen atoms in total. The molecule has 0 saturated carbocycles. The van der Waals surface area contributed by atoms with E-state index >= 15 is 0 Å². The number of rotatable bonds is 8. The minimum absolute atomic E-state index is 0. The lowest BCUT2D eigenvalue weighted by atomic mass is 10.0. The van der Waals surface area contributed by atoms with E-state index in [1.807, 2.05) is 0 Å². The highest BCUT2D eigenvalue weighted by Crippen LogP contribution is 2.13. The van der Waals surface area contributed by atoms with Crippen molar-refractivity contribution in [2.45, 2.75) is 52.4 Å². The molecule has 0 aromatic rings. The number of quaternary nitrogens is 1. The van der Waals surface area contributed by atoms with Gasteiger partial charge < -0.3 is 16.9 Å². The van der Waals surface area contributed by atoms with Crippen molar-refractivity contribution in [3.63, 3.8) is 0 Å². The van der Waals surface area contributed by atoms with Gasteiger partial charge in [-0.05, 0) is 18.8 Å². The summed E-state index contributed by atoms with van der Waals surface area (Å²) in [5, 5.41) is 0. The number of unbranched alkanes of at least 4 members (excludes halogenated alkanes) is 3. The van der Waals surface area contributed by atoms with E-state index in [1.165, 1.54) is 45.1 Å². The Morgan fingerprint density at radius 1 is 0.933 bits per heavy atom. The van der Waals surface area contributed by atoms with Crippen LogP contribution < -0.4 is 12.4 Å². The molecule has 15 heavy (non-hydrogen) atoms. The van der Waals surface area contributed by atoms with Gasteiger partial charge in [0.1, 0.15) is 0 Å². The lowest BCUT2D eigenvalue weighted by molar-refractivity contribution is -0.870. The predicted octanol–water partition coefficient (Wildman–Crippen LogP) is 0.693. The van der Waals surface area contributed by atoms with Gasteiger partial charge in [0.25, 0.3) is 0 Å². The van der Waals surface area contributed by atoms with Gasteiger partial charge in [-0.1, -0.05) is 39.5 Å². The third-order valence-corrected chi connectivity index (χ3v) is 2.97. The quantitative estimate of drug-likeness (QED) is 0.429. The second-order valence-corrected chi connectivity index (χ2v) is 5.73. The molecule has 0 bridgehead atoms. The van der Waals surface area contributed by atoms with Crippen LogP contribution in [-0.2, 0) is 0 Å². The Kier molecular flexibility index (Phi) is 11.1. The van der Waals surface area contributed by atoms with Crippen molar-refractivity contribution in [2.75, 3.05) is 27.7 Å². The molecule has 0 heterocycles. The fourth-order valence-corrected chi connectivity index (χ4v) is 1.64. The molecular weight excluding hydrogens is 206 g/mol. The maximum atomic E-state index is 2.37. The van der Waals surface area contributed by atoms with Crippen LogP contribution in [0.25, 0.3) is 0 Å². The summed E-state index contributed by atoms with van der Waals surface area (Å²) >= 11 is 0. The SMILES string of the molecule is CCC(C)CCCCCC[N+](C)(C)C.[Cl-]. The highest BCUT2D eigenvalue weighted by Gasteiger charge is 2.05. The molecule has 0 aromatic carbocycles. The summed E-state index contributed by atoms with van der Waals surface area (Å²) in [7, 11) is 6.83. The van der Waals surface area contributed by atoms with Crippen molar-refractivity contribution in [3.8, 4) is 0 Å². The third kappa shape index (κ3) is 14.2. The second-order valence-electron chi connectivity index (χ2n) is 5.73. The zero-order chi connectivity index (χ0) is 11.0. The molecule has 0 radical (unpaired) electrons. The number of hydrogen-bond donors (Lipinski definition) is 0. The zero-order valence-electron chi connectivity index (χ0n) is 11.4. The average molecular weight is 236 g/mol. The summed E-state index contributed by atoms with van der Waals surface area (Å²) in [6, 6.07) is 0. The fraction of sp³-hybridized carbons (Fsp3) is 1.00. The van der Waals surface area contributed by atoms with Crippen LogP contribution in [0.3, 0.4) is 0 Å². The Hall–Kier alpha value is 0.250. The Balaban J connectivity index is 0. The first-order chi connectivity index (χ1) is 6.45. The van der Waals surface area contributed by atoms with E-state index in [9.17, 15) is 0 Å². The molecule has 1 unspecified atom stereocenters. The first-order valence-corrected chi connectivity index (χ1v) is 6.26. The lowest BCUT2D eigenvalue weighted by Gasteiger charge is -2.23. The maximum Gasteiger partial charge on any atom is 0.0780 e. The van der Waals surface area contributed by atoms with E-state index in [-0.39, 0.29) is 12.4 Å². The van der Waals surface area contributed by atoms with Crippen LogP contribution in [0.2, 0.25) is 0 Å². The van der Waals surface area contributed by atoms with Gasteiger partial charge in [-0.15, -0.1) is 0 Å². The van der Waals surface area contributed by atoms with Crippen molar-refractivity contribution in [2.24, 2.45) is 5.92 Å². The minimum atomic E-state index is 0. The Morgan fingerprint density at radius 3 is 1.93 bits per heavy atom. The summed E-state index contributed by atoms with van der Waals surface area (Å²) in [6.45, 7) is 5.98. The van der Waals surface area contributed by atoms with Crippen LogP contribution in [0.5, 0.6) is 0 Å². The normalized spacial score (nSPS) is 13.4. The molecule has 0 aliphatic rings. The molecule has 2 heteroatoms. The monoisotopic (exact) mass is 235 g/mol. The van der Waals surface area contributed by atoms with Gasteiger partial charge in [0.15, 0.2) is 0 Å². The fourth-order valence-electron chi connectivity index (χ4n) is 1.64. The highest BCUT2D eigenvalue weighted by atomic mass is 35.5. The van der Waals surface area contributed by atoms with E-state index in [4.69, 9.17) is 0 Å². The predicted molar refractivity (Wildman–Crippen MR) is 65.4 cm³/mol. The molecule has 1 atom stereocenters. The molecular formula is C13H30ClN. The molecule has 0 aliphatic heterocycles. The largest absolute Gasteiger partial charge is 1.00 e. The van der Waals surface area contributed by atoms with Gasteiger partial charge in [0.05, 0.1) is 27.7 Å². The van der Waals surface area contributed by atoms with Gasteiger partial charge in [0.2, 0.25) is 0 Å². The van der Waals surface area contributed by atoms with Crippen LogP contribution in [0.1, 0.15) is 52.4 Å². The summed E-state index contributed by atoms with van der Waals surface area (Å²) in [6.07, 6.45) is 8.46. The zero-order valence-corrected chi connectivity index (χ0v) is 12.1. The van der Waals surface area contributed by atoms with Crippen LogP contribution in [0, 0.1) is 5.92 Å². The summed E-state index contributed by atoms with van der Waals surface area (Å²) in [5.74, 6) is 0.938. The lowest BCUT2D eigenvalue weighted by Crippen LogP contribution is -3.00. The van der Waals surface area contributed by atoms with Gasteiger partial charge in [-0.25, -0.2) is 0 Å². The standard InChI is InChI=1S/C13H30N.ClH/c1-6-13(2)11-9-7-8-10-12-14(3,4)5;/h13H,6-12H2,1-5H3;1H/q+1;/p-1. The molecule has 0 spiro atoms. The molecule has 0 N–H and O–H groups in total. The maximum absolute atomic E-state index is 2.37. The molecule has 0 rings (SSSR count). The van der Waals surface area contributed by atoms with Gasteiger partial charge in [-0.3, -0.25) is 0 Å². The average Bonchev–Trinajstić information content (AvgIpc) is 2.08. The van der Waals surface area contributed by atoms with Crippen molar-refractivity contribution < 1.29 is 16.9 Å². The first-order valence-electron chi connectivity index (χ1n) is 6.26. The molecule has 0 fully saturated rings. The van der Waals surface area contributed by atoms with E-state index in [0.717, 1.165) is 10.4 Å². The minimum Gasteiger partial charge on any atom is -1.00 e. The molecule has 94 valence electrons. The van der Waals surface area contributed by atoms with Crippen LogP contribution in [-0.4, -0.2) is 32.2 Å². The first kappa shape index (κ1) is 17.6. The van der Waals surface area contributed by atoms with Gasteiger partial charge in [-0.2, -0.15) is 0 Å². The van der Waals surface area contributed by atoms with Gasteiger partial charge in [0, 0.05) is 0 Å². The Labute approximate surface area is 103 Å². The third-order valence-electron chi connectivity index (χ3n) is 2.97. The summed E-state index contributed by atoms with van der Waals surface area (Å²) < 4.78 is 1.12. The van der Waals surface area contributed by atoms with Crippen molar-refractivity contribution >= 4 is 0 Å². The number of halogens is 1. The molecule has 0 amide bonds. The van der Waals surface area contributed by atoms with E-state index in [0.29, 0.717) is 0 Å². The van der Waals surface area contributed by atoms with Crippen molar-refractivity contribution in [1.29, 1.82) is 0 Å². The number of nitrogens with zero attached hydrogens (tertiary/aromatic N) is 1. The Bertz CT molecular complexity index is 129. The summed E-state index contributed by atoms with van der Waals surface area (Å²) in [4.78, 5) is 0. The van der Waals surface area contributed by atoms with E-state index < -0.39 is 0 Å². The van der Waals surface area contributed by atoms with E-state index in [1.54, 1.807) is 0 Å². The van der Waals surface area contributed by atoms with Crippen LogP contribution >= 0.6 is 0 Å². The topological polar surface area (TPSA) is 0 Å². The van der Waals surface area contributed by atoms with Gasteiger partial charge >= 0.3 is 0 Å². The molecule has 0 aliphatic carbocycles.